The predicted octanol–water partition coefficient (Wildman–Crippen LogP) is 3.95. The predicted molar refractivity (Wildman–Crippen MR) is 88.8 cm³/mol. The Kier molecular flexibility index (Phi) is 5.87. The summed E-state index contributed by atoms with van der Waals surface area (Å²) in [5, 5.41) is 2.62. The Hall–Kier alpha value is -2.21. The number of esters is 1. The molecule has 1 amide bonds. The maximum absolute atomic E-state index is 13.7. The number of para-hydroxylation sites is 1. The van der Waals surface area contributed by atoms with Crippen LogP contribution in [-0.4, -0.2) is 18.5 Å². The lowest BCUT2D eigenvalue weighted by atomic mass is 10.1. The summed E-state index contributed by atoms with van der Waals surface area (Å²) in [5.41, 5.74) is 0.870. The third-order valence-electron chi connectivity index (χ3n) is 3.06. The minimum absolute atomic E-state index is 0.136. The molecule has 2 aromatic rings. The number of rotatable bonds is 5. The average Bonchev–Trinajstić information content (AvgIpc) is 2.51. The molecule has 23 heavy (non-hydrogen) atoms. The van der Waals surface area contributed by atoms with Gasteiger partial charge < -0.3 is 10.1 Å². The van der Waals surface area contributed by atoms with Crippen molar-refractivity contribution in [1.29, 1.82) is 0 Å². The van der Waals surface area contributed by atoms with Gasteiger partial charge in [0.15, 0.2) is 0 Å². The first-order chi connectivity index (χ1) is 11.0. The number of halogens is 2. The Balaban J connectivity index is 2.14. The van der Waals surface area contributed by atoms with Crippen molar-refractivity contribution in [1.82, 2.24) is 0 Å². The van der Waals surface area contributed by atoms with Crippen molar-refractivity contribution in [3.05, 3.63) is 63.9 Å². The lowest BCUT2D eigenvalue weighted by molar-refractivity contribution is -0.115. The van der Waals surface area contributed by atoms with Crippen LogP contribution in [0, 0.1) is 5.82 Å². The fraction of sp³-hybridized carbons (Fsp3) is 0.176. The van der Waals surface area contributed by atoms with E-state index < -0.39 is 17.7 Å². The highest BCUT2D eigenvalue weighted by Crippen LogP contribution is 2.19. The summed E-state index contributed by atoms with van der Waals surface area (Å²) in [6.07, 6.45) is -0.136. The van der Waals surface area contributed by atoms with Gasteiger partial charge in [-0.1, -0.05) is 28.1 Å². The van der Waals surface area contributed by atoms with E-state index in [4.69, 9.17) is 4.74 Å². The van der Waals surface area contributed by atoms with E-state index in [0.717, 1.165) is 0 Å². The first kappa shape index (κ1) is 17.1. The highest BCUT2D eigenvalue weighted by molar-refractivity contribution is 9.10. The Labute approximate surface area is 141 Å². The number of carbonyl (C=O) groups is 2. The number of anilines is 1. The lowest BCUT2D eigenvalue weighted by Crippen LogP contribution is -2.18. The Morgan fingerprint density at radius 2 is 1.96 bits per heavy atom. The number of nitrogens with one attached hydrogen (secondary N) is 1. The van der Waals surface area contributed by atoms with Gasteiger partial charge in [-0.15, -0.1) is 0 Å². The molecule has 0 aliphatic carbocycles. The summed E-state index contributed by atoms with van der Waals surface area (Å²) in [7, 11) is 0. The van der Waals surface area contributed by atoms with Gasteiger partial charge in [0.1, 0.15) is 5.82 Å². The van der Waals surface area contributed by atoms with Crippen LogP contribution < -0.4 is 5.32 Å². The van der Waals surface area contributed by atoms with Crippen molar-refractivity contribution in [2.24, 2.45) is 0 Å². The molecule has 2 rings (SSSR count). The number of carbonyl (C=O) groups excluding carboxylic acids is 2. The van der Waals surface area contributed by atoms with Gasteiger partial charge in [-0.25, -0.2) is 9.18 Å². The van der Waals surface area contributed by atoms with Crippen molar-refractivity contribution >= 4 is 33.5 Å². The third kappa shape index (κ3) is 4.63. The summed E-state index contributed by atoms with van der Waals surface area (Å²) in [6, 6.07) is 10.9. The van der Waals surface area contributed by atoms with Crippen LogP contribution in [0.4, 0.5) is 10.1 Å². The van der Waals surface area contributed by atoms with Crippen LogP contribution in [0.3, 0.4) is 0 Å². The summed E-state index contributed by atoms with van der Waals surface area (Å²) < 4.78 is 19.3. The van der Waals surface area contributed by atoms with Gasteiger partial charge in [0.05, 0.1) is 24.3 Å². The molecule has 0 saturated carbocycles. The normalized spacial score (nSPS) is 10.2. The molecule has 0 fully saturated rings. The van der Waals surface area contributed by atoms with Crippen LogP contribution in [0.1, 0.15) is 22.8 Å². The van der Waals surface area contributed by atoms with Crippen molar-refractivity contribution in [2.75, 3.05) is 11.9 Å². The zero-order valence-corrected chi connectivity index (χ0v) is 14.0. The second-order valence-electron chi connectivity index (χ2n) is 4.73. The van der Waals surface area contributed by atoms with E-state index in [1.165, 1.54) is 6.07 Å². The second-order valence-corrected chi connectivity index (χ2v) is 5.64. The highest BCUT2D eigenvalue weighted by atomic mass is 79.9. The standard InChI is InChI=1S/C17H15BrFNO3/c1-2-23-17(22)13-5-3-4-6-15(13)20-16(21)10-11-9-12(18)7-8-14(11)19/h3-9H,2,10H2,1H3,(H,20,21). The van der Waals surface area contributed by atoms with Crippen LogP contribution in [0.5, 0.6) is 0 Å². The maximum Gasteiger partial charge on any atom is 0.340 e. The van der Waals surface area contributed by atoms with E-state index in [-0.39, 0.29) is 24.2 Å². The van der Waals surface area contributed by atoms with Crippen molar-refractivity contribution in [2.45, 2.75) is 13.3 Å². The molecule has 2 aromatic carbocycles. The zero-order chi connectivity index (χ0) is 16.8. The first-order valence-corrected chi connectivity index (χ1v) is 7.80. The number of amides is 1. The van der Waals surface area contributed by atoms with Gasteiger partial charge in [0.25, 0.3) is 0 Å². The number of ether oxygens (including phenoxy) is 1. The maximum atomic E-state index is 13.7. The Morgan fingerprint density at radius 1 is 1.22 bits per heavy atom. The van der Waals surface area contributed by atoms with Crippen LogP contribution in [-0.2, 0) is 16.0 Å². The Bertz CT molecular complexity index is 734. The molecule has 6 heteroatoms. The minimum atomic E-state index is -0.517. The van der Waals surface area contributed by atoms with Crippen LogP contribution in [0.2, 0.25) is 0 Å². The van der Waals surface area contributed by atoms with E-state index in [1.807, 2.05) is 0 Å². The van der Waals surface area contributed by atoms with Crippen molar-refractivity contribution in [3.8, 4) is 0 Å². The fourth-order valence-corrected chi connectivity index (χ4v) is 2.43. The third-order valence-corrected chi connectivity index (χ3v) is 3.55. The van der Waals surface area contributed by atoms with Crippen molar-refractivity contribution < 1.29 is 18.7 Å². The molecule has 0 aliphatic rings. The van der Waals surface area contributed by atoms with E-state index in [9.17, 15) is 14.0 Å². The van der Waals surface area contributed by atoms with Crippen LogP contribution >= 0.6 is 15.9 Å². The largest absolute Gasteiger partial charge is 0.462 e. The number of benzene rings is 2. The number of hydrogen-bond acceptors (Lipinski definition) is 3. The quantitative estimate of drug-likeness (QED) is 0.800. The molecule has 0 atom stereocenters. The molecular formula is C17H15BrFNO3. The zero-order valence-electron chi connectivity index (χ0n) is 12.4. The van der Waals surface area contributed by atoms with Gasteiger partial charge in [-0.05, 0) is 42.8 Å². The monoisotopic (exact) mass is 379 g/mol. The molecule has 1 N–H and O–H groups in total. The highest BCUT2D eigenvalue weighted by Gasteiger charge is 2.15. The van der Waals surface area contributed by atoms with Crippen LogP contribution in [0.15, 0.2) is 46.9 Å². The Morgan fingerprint density at radius 3 is 2.70 bits per heavy atom. The summed E-state index contributed by atoms with van der Waals surface area (Å²) in [5.74, 6) is -1.39. The van der Waals surface area contributed by atoms with Gasteiger partial charge in [-0.2, -0.15) is 0 Å². The molecule has 0 unspecified atom stereocenters. The molecule has 4 nitrogen and oxygen atoms in total. The van der Waals surface area contributed by atoms with Gasteiger partial charge in [-0.3, -0.25) is 4.79 Å². The topological polar surface area (TPSA) is 55.4 Å². The average molecular weight is 380 g/mol. The number of hydrogen-bond donors (Lipinski definition) is 1. The molecule has 0 aromatic heterocycles. The van der Waals surface area contributed by atoms with E-state index >= 15 is 0 Å². The SMILES string of the molecule is CCOC(=O)c1ccccc1NC(=O)Cc1cc(Br)ccc1F. The smallest absolute Gasteiger partial charge is 0.340 e. The molecule has 120 valence electrons. The fourth-order valence-electron chi connectivity index (χ4n) is 2.03. The lowest BCUT2D eigenvalue weighted by Gasteiger charge is -2.10. The molecule has 0 radical (unpaired) electrons. The molecule has 0 aliphatic heterocycles. The van der Waals surface area contributed by atoms with Gasteiger partial charge in [0, 0.05) is 4.47 Å². The first-order valence-electron chi connectivity index (χ1n) is 7.01. The van der Waals surface area contributed by atoms with E-state index in [1.54, 1.807) is 43.3 Å². The minimum Gasteiger partial charge on any atom is -0.462 e. The summed E-state index contributed by atoms with van der Waals surface area (Å²) in [4.78, 5) is 24.0. The van der Waals surface area contributed by atoms with E-state index in [0.29, 0.717) is 10.2 Å². The molecule has 0 bridgehead atoms. The molecule has 0 spiro atoms. The van der Waals surface area contributed by atoms with Crippen molar-refractivity contribution in [3.63, 3.8) is 0 Å². The van der Waals surface area contributed by atoms with Gasteiger partial charge in [0.2, 0.25) is 5.91 Å². The summed E-state index contributed by atoms with van der Waals surface area (Å²) >= 11 is 3.24. The molecular weight excluding hydrogens is 365 g/mol. The second kappa shape index (κ2) is 7.87. The van der Waals surface area contributed by atoms with E-state index in [2.05, 4.69) is 21.2 Å². The van der Waals surface area contributed by atoms with Gasteiger partial charge >= 0.3 is 5.97 Å². The van der Waals surface area contributed by atoms with Crippen LogP contribution in [0.25, 0.3) is 0 Å². The molecule has 0 heterocycles. The molecule has 0 saturated heterocycles. The summed E-state index contributed by atoms with van der Waals surface area (Å²) in [6.45, 7) is 1.94.